The van der Waals surface area contributed by atoms with Crippen molar-refractivity contribution < 1.29 is 14.3 Å². The molecule has 0 aliphatic carbocycles. The van der Waals surface area contributed by atoms with E-state index in [1.165, 1.54) is 18.4 Å². The molecule has 0 bridgehead atoms. The summed E-state index contributed by atoms with van der Waals surface area (Å²) in [4.78, 5) is 12.4. The van der Waals surface area contributed by atoms with E-state index in [1.807, 2.05) is 18.2 Å². The largest absolute Gasteiger partial charge is 0.497 e. The van der Waals surface area contributed by atoms with Gasteiger partial charge in [-0.15, -0.1) is 11.3 Å². The van der Waals surface area contributed by atoms with Crippen molar-refractivity contribution in [1.82, 2.24) is 0 Å². The third-order valence-corrected chi connectivity index (χ3v) is 3.86. The molecule has 6 heteroatoms. The number of anilines is 1. The lowest BCUT2D eigenvalue weighted by molar-refractivity contribution is 0.0607. The highest BCUT2D eigenvalue weighted by molar-refractivity contribution is 7.21. The Hall–Kier alpha value is -1.79. The van der Waals surface area contributed by atoms with Gasteiger partial charge in [-0.25, -0.2) is 4.79 Å². The number of benzene rings is 1. The minimum absolute atomic E-state index is 0.348. The van der Waals surface area contributed by atoms with Gasteiger partial charge in [0, 0.05) is 23.2 Å². The fourth-order valence-corrected chi connectivity index (χ4v) is 2.89. The lowest BCUT2D eigenvalue weighted by Crippen LogP contribution is -2.14. The molecule has 2 aromatic rings. The summed E-state index contributed by atoms with van der Waals surface area (Å²) in [5, 5.41) is 4.12. The van der Waals surface area contributed by atoms with Crippen LogP contribution >= 0.6 is 11.3 Å². The van der Waals surface area contributed by atoms with Crippen LogP contribution in [0.25, 0.3) is 10.1 Å². The standard InChI is InChI=1S/C13H16N2O3S/c1-17-8-3-4-10-9(7-8)11(15-6-5-14)12(19-10)13(16)18-2/h3-4,7,15H,5-6,14H2,1-2H3. The smallest absolute Gasteiger partial charge is 0.350 e. The van der Waals surface area contributed by atoms with Gasteiger partial charge in [-0.3, -0.25) is 0 Å². The third-order valence-electron chi connectivity index (χ3n) is 2.71. The number of thiophene rings is 1. The van der Waals surface area contributed by atoms with Crippen molar-refractivity contribution in [2.24, 2.45) is 5.73 Å². The molecular weight excluding hydrogens is 264 g/mol. The van der Waals surface area contributed by atoms with E-state index in [0.29, 0.717) is 18.0 Å². The van der Waals surface area contributed by atoms with E-state index in [4.69, 9.17) is 15.2 Å². The highest BCUT2D eigenvalue weighted by Gasteiger charge is 2.19. The van der Waals surface area contributed by atoms with Crippen LogP contribution in [0.4, 0.5) is 5.69 Å². The van der Waals surface area contributed by atoms with Gasteiger partial charge in [0.2, 0.25) is 0 Å². The number of nitrogens with one attached hydrogen (secondary N) is 1. The van der Waals surface area contributed by atoms with Crippen LogP contribution in [0.15, 0.2) is 18.2 Å². The van der Waals surface area contributed by atoms with Crippen molar-refractivity contribution in [3.05, 3.63) is 23.1 Å². The molecule has 0 saturated heterocycles. The Kier molecular flexibility index (Phi) is 4.24. The van der Waals surface area contributed by atoms with Crippen molar-refractivity contribution in [3.8, 4) is 5.75 Å². The van der Waals surface area contributed by atoms with Gasteiger partial charge in [0.25, 0.3) is 0 Å². The predicted molar refractivity (Wildman–Crippen MR) is 77.3 cm³/mol. The Morgan fingerprint density at radius 3 is 2.84 bits per heavy atom. The van der Waals surface area contributed by atoms with Crippen LogP contribution in [0.1, 0.15) is 9.67 Å². The molecule has 3 N–H and O–H groups in total. The van der Waals surface area contributed by atoms with Crippen LogP contribution in [0, 0.1) is 0 Å². The second kappa shape index (κ2) is 5.90. The number of hydrogen-bond donors (Lipinski definition) is 2. The fraction of sp³-hybridized carbons (Fsp3) is 0.308. The number of rotatable bonds is 5. The highest BCUT2D eigenvalue weighted by atomic mass is 32.1. The molecule has 0 fully saturated rings. The zero-order valence-corrected chi connectivity index (χ0v) is 11.7. The van der Waals surface area contributed by atoms with Gasteiger partial charge in [-0.1, -0.05) is 0 Å². The van der Waals surface area contributed by atoms with E-state index in [0.717, 1.165) is 21.5 Å². The predicted octanol–water partition coefficient (Wildman–Crippen LogP) is 2.07. The molecule has 0 spiro atoms. The van der Waals surface area contributed by atoms with Crippen molar-refractivity contribution in [2.45, 2.75) is 0 Å². The van der Waals surface area contributed by atoms with Crippen LogP contribution in [-0.4, -0.2) is 33.3 Å². The molecule has 1 aromatic carbocycles. The van der Waals surface area contributed by atoms with E-state index < -0.39 is 0 Å². The number of esters is 1. The van der Waals surface area contributed by atoms with Crippen LogP contribution in [0.5, 0.6) is 5.75 Å². The van der Waals surface area contributed by atoms with Crippen LogP contribution in [0.2, 0.25) is 0 Å². The molecule has 0 atom stereocenters. The van der Waals surface area contributed by atoms with E-state index >= 15 is 0 Å². The molecule has 2 rings (SSSR count). The molecule has 0 aliphatic heterocycles. The maximum absolute atomic E-state index is 11.8. The van der Waals surface area contributed by atoms with Crippen LogP contribution < -0.4 is 15.8 Å². The third kappa shape index (κ3) is 2.64. The van der Waals surface area contributed by atoms with E-state index in [2.05, 4.69) is 5.32 Å². The van der Waals surface area contributed by atoms with E-state index in [1.54, 1.807) is 7.11 Å². The summed E-state index contributed by atoms with van der Waals surface area (Å²) in [5.74, 6) is 0.400. The Morgan fingerprint density at radius 1 is 1.42 bits per heavy atom. The molecule has 1 heterocycles. The minimum atomic E-state index is -0.348. The van der Waals surface area contributed by atoms with Gasteiger partial charge in [0.1, 0.15) is 10.6 Å². The first-order valence-corrected chi connectivity index (χ1v) is 6.65. The number of ether oxygens (including phenoxy) is 2. The summed E-state index contributed by atoms with van der Waals surface area (Å²) >= 11 is 1.39. The molecule has 1 aromatic heterocycles. The van der Waals surface area contributed by atoms with Gasteiger partial charge in [-0.05, 0) is 18.2 Å². The second-order valence-electron chi connectivity index (χ2n) is 3.88. The molecule has 0 amide bonds. The SMILES string of the molecule is COC(=O)c1sc2ccc(OC)cc2c1NCCN. The fourth-order valence-electron chi connectivity index (χ4n) is 1.81. The average molecular weight is 280 g/mol. The molecule has 0 aliphatic rings. The molecule has 0 radical (unpaired) electrons. The summed E-state index contributed by atoms with van der Waals surface area (Å²) in [6.07, 6.45) is 0. The summed E-state index contributed by atoms with van der Waals surface area (Å²) in [7, 11) is 2.99. The van der Waals surface area contributed by atoms with Gasteiger partial charge in [0.05, 0.1) is 19.9 Å². The van der Waals surface area contributed by atoms with Crippen molar-refractivity contribution in [3.63, 3.8) is 0 Å². The minimum Gasteiger partial charge on any atom is -0.497 e. The van der Waals surface area contributed by atoms with Gasteiger partial charge in [-0.2, -0.15) is 0 Å². The molecule has 102 valence electrons. The Morgan fingerprint density at radius 2 is 2.21 bits per heavy atom. The van der Waals surface area contributed by atoms with Crippen molar-refractivity contribution >= 4 is 33.1 Å². The molecule has 0 saturated carbocycles. The van der Waals surface area contributed by atoms with Crippen LogP contribution in [-0.2, 0) is 4.74 Å². The van der Waals surface area contributed by atoms with Gasteiger partial charge in [0.15, 0.2) is 0 Å². The zero-order valence-electron chi connectivity index (χ0n) is 10.9. The summed E-state index contributed by atoms with van der Waals surface area (Å²) in [6.45, 7) is 1.08. The second-order valence-corrected chi connectivity index (χ2v) is 4.93. The lowest BCUT2D eigenvalue weighted by atomic mass is 10.2. The maximum Gasteiger partial charge on any atom is 0.350 e. The first-order valence-electron chi connectivity index (χ1n) is 5.84. The topological polar surface area (TPSA) is 73.6 Å². The number of methoxy groups -OCH3 is 2. The van der Waals surface area contributed by atoms with E-state index in [9.17, 15) is 4.79 Å². The van der Waals surface area contributed by atoms with Crippen molar-refractivity contribution in [2.75, 3.05) is 32.6 Å². The Balaban J connectivity index is 2.56. The molecule has 0 unspecified atom stereocenters. The first-order chi connectivity index (χ1) is 9.21. The summed E-state index contributed by atoms with van der Waals surface area (Å²) < 4.78 is 11.0. The Bertz CT molecular complexity index is 595. The molecule has 5 nitrogen and oxygen atoms in total. The van der Waals surface area contributed by atoms with Gasteiger partial charge >= 0.3 is 5.97 Å². The average Bonchev–Trinajstić information content (AvgIpc) is 2.81. The number of carbonyl (C=O) groups excluding carboxylic acids is 1. The summed E-state index contributed by atoms with van der Waals surface area (Å²) in [6, 6.07) is 5.70. The normalized spacial score (nSPS) is 10.5. The Labute approximate surface area is 115 Å². The van der Waals surface area contributed by atoms with E-state index in [-0.39, 0.29) is 5.97 Å². The highest BCUT2D eigenvalue weighted by Crippen LogP contribution is 2.38. The monoisotopic (exact) mass is 280 g/mol. The maximum atomic E-state index is 11.8. The summed E-state index contributed by atoms with van der Waals surface area (Å²) in [5.41, 5.74) is 6.26. The molecule has 19 heavy (non-hydrogen) atoms. The quantitative estimate of drug-likeness (QED) is 0.820. The number of fused-ring (bicyclic) bond motifs is 1. The molecular formula is C13H16N2O3S. The van der Waals surface area contributed by atoms with Crippen LogP contribution in [0.3, 0.4) is 0 Å². The lowest BCUT2D eigenvalue weighted by Gasteiger charge is -2.06. The zero-order chi connectivity index (χ0) is 13.8. The number of carbonyl (C=O) groups is 1. The van der Waals surface area contributed by atoms with Crippen molar-refractivity contribution in [1.29, 1.82) is 0 Å². The number of nitrogens with two attached hydrogens (primary N) is 1. The number of hydrogen-bond acceptors (Lipinski definition) is 6. The first kappa shape index (κ1) is 13.6. The van der Waals surface area contributed by atoms with Gasteiger partial charge < -0.3 is 20.5 Å².